The quantitative estimate of drug-likeness (QED) is 0.0312. The minimum atomic E-state index is -0.308. The Morgan fingerprint density at radius 3 is 0.724 bits per heavy atom. The Labute approximate surface area is 536 Å². The number of methoxy groups -OCH3 is 5. The second-order valence-corrected chi connectivity index (χ2v) is 20.9. The van der Waals surface area contributed by atoms with Gasteiger partial charge in [-0.15, -0.1) is 23.2 Å². The number of carbonyl (C=O) groups excluding carboxylic acids is 3. The van der Waals surface area contributed by atoms with Gasteiger partial charge in [0, 0.05) is 76.2 Å². The van der Waals surface area contributed by atoms with Crippen LogP contribution in [0.5, 0.6) is 34.5 Å². The van der Waals surface area contributed by atoms with Gasteiger partial charge in [0.05, 0.1) is 34.5 Å². The molecule has 0 aromatic heterocycles. The second kappa shape index (κ2) is 50.6. The largest absolute Gasteiger partial charge is 0.497 e. The van der Waals surface area contributed by atoms with Gasteiger partial charge in [-0.1, -0.05) is 177 Å². The number of unbranched alkanes of at least 4 members (excludes halogenated alkanes) is 2. The molecule has 0 N–H and O–H groups in total. The molecule has 0 radical (unpaired) electrons. The fourth-order valence-corrected chi connectivity index (χ4v) is 7.62. The van der Waals surface area contributed by atoms with E-state index in [1.54, 1.807) is 35.5 Å². The van der Waals surface area contributed by atoms with Gasteiger partial charge in [0.15, 0.2) is 0 Å². The molecule has 87 heavy (non-hydrogen) atoms. The van der Waals surface area contributed by atoms with Crippen LogP contribution in [-0.4, -0.2) is 91.6 Å². The van der Waals surface area contributed by atoms with Crippen molar-refractivity contribution >= 4 is 41.1 Å². The highest BCUT2D eigenvalue weighted by atomic mass is 35.5. The van der Waals surface area contributed by atoms with E-state index in [2.05, 4.69) is 84.9 Å². The van der Waals surface area contributed by atoms with Crippen LogP contribution in [-0.2, 0) is 44.8 Å². The van der Waals surface area contributed by atoms with E-state index in [0.717, 1.165) is 58.9 Å². The minimum absolute atomic E-state index is 0. The van der Waals surface area contributed by atoms with Gasteiger partial charge in [0.2, 0.25) is 0 Å². The van der Waals surface area contributed by atoms with Gasteiger partial charge in [-0.3, -0.25) is 14.4 Å². The van der Waals surface area contributed by atoms with Crippen LogP contribution < -0.4 is 28.4 Å². The maximum Gasteiger partial charge on any atom is 0.308 e. The Balaban J connectivity index is -0.000000502. The Bertz CT molecular complexity index is 2320. The van der Waals surface area contributed by atoms with E-state index >= 15 is 0 Å². The Kier molecular flexibility index (Phi) is 50.6. The van der Waals surface area contributed by atoms with Crippen LogP contribution in [0.25, 0.3) is 0 Å². The van der Waals surface area contributed by atoms with Gasteiger partial charge in [-0.2, -0.15) is 0 Å². The lowest BCUT2D eigenvalue weighted by molar-refractivity contribution is -0.132. The van der Waals surface area contributed by atoms with E-state index in [9.17, 15) is 14.4 Å². The fourth-order valence-electron chi connectivity index (χ4n) is 7.62. The molecule has 0 spiro atoms. The highest BCUT2D eigenvalue weighted by Gasteiger charge is 2.25. The minimum Gasteiger partial charge on any atom is -0.497 e. The number of carbonyl (C=O) groups is 3. The van der Waals surface area contributed by atoms with Gasteiger partial charge in [0.25, 0.3) is 0 Å². The number of rotatable bonds is 20. The second-order valence-electron chi connectivity index (χ2n) is 19.8. The predicted molar refractivity (Wildman–Crippen MR) is 366 cm³/mol. The zero-order valence-corrected chi connectivity index (χ0v) is 56.4. The Morgan fingerprint density at radius 2 is 0.563 bits per heavy atom. The molecule has 0 heterocycles. The van der Waals surface area contributed by atoms with E-state index in [1.807, 2.05) is 144 Å². The average Bonchev–Trinajstić information content (AvgIpc) is 3.59. The van der Waals surface area contributed by atoms with Crippen molar-refractivity contribution in [2.24, 2.45) is 0 Å². The lowest BCUT2D eigenvalue weighted by Crippen LogP contribution is -2.18. The topological polar surface area (TPSA) is 134 Å². The monoisotopic (exact) mass is 1250 g/mol. The summed E-state index contributed by atoms with van der Waals surface area (Å²) in [5, 5.41) is 0. The molecule has 14 heteroatoms. The number of hydrogen-bond acceptors (Lipinski definition) is 12. The summed E-state index contributed by atoms with van der Waals surface area (Å²) in [6.07, 6.45) is 3.80. The molecule has 488 valence electrons. The molecule has 0 bridgehead atoms. The Hall–Kier alpha value is -6.41. The van der Waals surface area contributed by atoms with Gasteiger partial charge in [-0.05, 0) is 120 Å². The first-order valence-electron chi connectivity index (χ1n) is 28.9. The fraction of sp³-hybridized carbons (Fsp3) is 0.466. The van der Waals surface area contributed by atoms with E-state index in [1.165, 1.54) is 56.7 Å². The number of hydrogen-bond donors (Lipinski definition) is 0. The molecule has 0 aliphatic rings. The summed E-state index contributed by atoms with van der Waals surface area (Å²) in [6, 6.07) is 47.0. The molecule has 0 aliphatic heterocycles. The maximum atomic E-state index is 10.9. The molecule has 0 saturated carbocycles. The number of alkyl halides is 2. The van der Waals surface area contributed by atoms with Crippen LogP contribution in [0, 0.1) is 0 Å². The van der Waals surface area contributed by atoms with E-state index in [0.29, 0.717) is 30.5 Å². The molecule has 6 rings (SSSR count). The molecule has 0 fully saturated rings. The van der Waals surface area contributed by atoms with Crippen molar-refractivity contribution in [2.75, 3.05) is 73.7 Å². The average molecular weight is 1250 g/mol. The van der Waals surface area contributed by atoms with Crippen molar-refractivity contribution in [3.05, 3.63) is 179 Å². The standard InChI is InChI=1S/3C18H20O3.C6H14O.C5H12O2.2C2H5Cl.C2H6.2CH4/c3*1-13(19)21-17-11-7-15(8-12-17)18(2,3)14-5-9-16(20-4)10-6-14;1-3-4-5-6-7-2;1-3-7-5-4-6-2;2*1-2-3;1-2;;/h3*5-12H,1-4H3;3-6H2,1-2H3;3-5H2,1-2H3;2*2H2,1H3;1-2H3;2*1H4. The smallest absolute Gasteiger partial charge is 0.308 e. The highest BCUT2D eigenvalue weighted by molar-refractivity contribution is 6.17. The van der Waals surface area contributed by atoms with Crippen LogP contribution in [0.1, 0.15) is 171 Å². The zero-order chi connectivity index (χ0) is 64.9. The van der Waals surface area contributed by atoms with Crippen molar-refractivity contribution < 1.29 is 57.0 Å². The third-order valence-corrected chi connectivity index (χ3v) is 12.5. The van der Waals surface area contributed by atoms with E-state index in [-0.39, 0.29) is 49.0 Å². The first-order chi connectivity index (χ1) is 40.4. The molecule has 0 amide bonds. The summed E-state index contributed by atoms with van der Waals surface area (Å²) in [4.78, 5) is 32.8. The van der Waals surface area contributed by atoms with Gasteiger partial charge in [0.1, 0.15) is 34.5 Å². The van der Waals surface area contributed by atoms with Crippen LogP contribution in [0.2, 0.25) is 0 Å². The molecule has 6 aromatic rings. The van der Waals surface area contributed by atoms with Crippen molar-refractivity contribution in [3.8, 4) is 34.5 Å². The molecule has 12 nitrogen and oxygen atoms in total. The maximum absolute atomic E-state index is 10.9. The van der Waals surface area contributed by atoms with Crippen LogP contribution in [0.4, 0.5) is 0 Å². The van der Waals surface area contributed by atoms with Crippen LogP contribution >= 0.6 is 23.2 Å². The van der Waals surface area contributed by atoms with Gasteiger partial charge < -0.3 is 42.6 Å². The summed E-state index contributed by atoms with van der Waals surface area (Å²) in [6.45, 7) is 32.2. The SMILES string of the molecule is C.C.CC.CCCCCOC.CCCl.CCCl.CCOCCOC.COc1ccc(C(C)(C)c2ccc(OC(C)=O)cc2)cc1.COc1ccc(C(C)(C)c2ccc(OC(C)=O)cc2)cc1.COc1ccc(C(C)(C)c2ccc(OC(C)=O)cc2)cc1. The van der Waals surface area contributed by atoms with Crippen molar-refractivity contribution in [2.45, 2.75) is 154 Å². The summed E-state index contributed by atoms with van der Waals surface area (Å²) in [5.41, 5.74) is 6.65. The van der Waals surface area contributed by atoms with Gasteiger partial charge in [-0.25, -0.2) is 0 Å². The normalized spacial score (nSPS) is 10.0. The van der Waals surface area contributed by atoms with E-state index in [4.69, 9.17) is 65.8 Å². The van der Waals surface area contributed by atoms with Crippen molar-refractivity contribution in [1.82, 2.24) is 0 Å². The highest BCUT2D eigenvalue weighted by Crippen LogP contribution is 2.36. The summed E-state index contributed by atoms with van der Waals surface area (Å²) < 4.78 is 45.3. The predicted octanol–water partition coefficient (Wildman–Crippen LogP) is 19.1. The summed E-state index contributed by atoms with van der Waals surface area (Å²) in [5.74, 6) is 4.76. The number of esters is 3. The van der Waals surface area contributed by atoms with Crippen LogP contribution in [0.3, 0.4) is 0 Å². The molecule has 0 aliphatic carbocycles. The molecular formula is C73H110Cl2O12. The van der Waals surface area contributed by atoms with E-state index < -0.39 is 0 Å². The third kappa shape index (κ3) is 35.9. The first kappa shape index (κ1) is 87.0. The number of ether oxygens (including phenoxy) is 9. The first-order valence-corrected chi connectivity index (χ1v) is 30.0. The molecule has 0 unspecified atom stereocenters. The third-order valence-electron chi connectivity index (χ3n) is 12.5. The van der Waals surface area contributed by atoms with Gasteiger partial charge >= 0.3 is 17.9 Å². The number of benzene rings is 6. The zero-order valence-electron chi connectivity index (χ0n) is 54.9. The summed E-state index contributed by atoms with van der Waals surface area (Å²) >= 11 is 10.00. The Morgan fingerprint density at radius 1 is 0.356 bits per heavy atom. The number of halogens is 2. The van der Waals surface area contributed by atoms with Crippen molar-refractivity contribution in [1.29, 1.82) is 0 Å². The lowest BCUT2D eigenvalue weighted by atomic mass is 9.78. The molecular weight excluding hydrogens is 1140 g/mol. The summed E-state index contributed by atoms with van der Waals surface area (Å²) in [7, 11) is 8.39. The molecule has 6 aromatic carbocycles. The lowest BCUT2D eigenvalue weighted by Gasteiger charge is -2.26. The van der Waals surface area contributed by atoms with Crippen molar-refractivity contribution in [3.63, 3.8) is 0 Å². The molecule has 0 atom stereocenters. The molecule has 0 saturated heterocycles. The van der Waals surface area contributed by atoms with Crippen LogP contribution in [0.15, 0.2) is 146 Å².